The van der Waals surface area contributed by atoms with Crippen LogP contribution in [-0.2, 0) is 20.8 Å². The van der Waals surface area contributed by atoms with Gasteiger partial charge in [-0.25, -0.2) is 0 Å². The van der Waals surface area contributed by atoms with E-state index >= 15 is 0 Å². The Bertz CT molecular complexity index is 506. The maximum absolute atomic E-state index is 12.0. The summed E-state index contributed by atoms with van der Waals surface area (Å²) in [4.78, 5) is 36.0. The van der Waals surface area contributed by atoms with Crippen LogP contribution in [0.3, 0.4) is 0 Å². The molecule has 5 nitrogen and oxygen atoms in total. The maximum atomic E-state index is 12.0. The SMILES string of the molecule is O=C(O)Cc1ccccc1N1C(=O)CCCCC1=O. The van der Waals surface area contributed by atoms with Gasteiger partial charge < -0.3 is 5.11 Å². The topological polar surface area (TPSA) is 74.7 Å². The molecular weight excluding hydrogens is 246 g/mol. The highest BCUT2D eigenvalue weighted by Gasteiger charge is 2.27. The number of hydrogen-bond acceptors (Lipinski definition) is 3. The van der Waals surface area contributed by atoms with Crippen molar-refractivity contribution in [2.75, 3.05) is 4.90 Å². The molecule has 2 rings (SSSR count). The third-order valence-corrected chi connectivity index (χ3v) is 3.10. The van der Waals surface area contributed by atoms with Crippen molar-refractivity contribution in [2.45, 2.75) is 32.1 Å². The Kier molecular flexibility index (Phi) is 3.94. The summed E-state index contributed by atoms with van der Waals surface area (Å²) < 4.78 is 0. The summed E-state index contributed by atoms with van der Waals surface area (Å²) in [6.45, 7) is 0. The van der Waals surface area contributed by atoms with Gasteiger partial charge in [-0.05, 0) is 24.5 Å². The lowest BCUT2D eigenvalue weighted by molar-refractivity contribution is -0.136. The number of amides is 2. The zero-order valence-electron chi connectivity index (χ0n) is 10.5. The van der Waals surface area contributed by atoms with Crippen molar-refractivity contribution in [1.82, 2.24) is 0 Å². The molecule has 1 saturated heterocycles. The van der Waals surface area contributed by atoms with Gasteiger partial charge in [-0.2, -0.15) is 0 Å². The molecular formula is C14H15NO4. The second kappa shape index (κ2) is 5.65. The third-order valence-electron chi connectivity index (χ3n) is 3.10. The van der Waals surface area contributed by atoms with Crippen molar-refractivity contribution >= 4 is 23.5 Å². The number of carboxylic acids is 1. The van der Waals surface area contributed by atoms with Gasteiger partial charge in [0.25, 0.3) is 0 Å². The summed E-state index contributed by atoms with van der Waals surface area (Å²) in [7, 11) is 0. The molecule has 0 atom stereocenters. The van der Waals surface area contributed by atoms with Crippen LogP contribution in [0, 0.1) is 0 Å². The normalized spacial score (nSPS) is 16.3. The number of anilines is 1. The van der Waals surface area contributed by atoms with Gasteiger partial charge in [-0.15, -0.1) is 0 Å². The standard InChI is InChI=1S/C14H15NO4/c16-12-7-3-4-8-13(17)15(12)11-6-2-1-5-10(11)9-14(18)19/h1-2,5-6H,3-4,7-9H2,(H,18,19). The summed E-state index contributed by atoms with van der Waals surface area (Å²) in [5, 5.41) is 8.89. The predicted octanol–water partition coefficient (Wildman–Crippen LogP) is 1.75. The van der Waals surface area contributed by atoms with E-state index in [1.807, 2.05) is 0 Å². The molecule has 0 aromatic heterocycles. The first kappa shape index (κ1) is 13.3. The number of carbonyl (C=O) groups is 3. The summed E-state index contributed by atoms with van der Waals surface area (Å²) in [6.07, 6.45) is 1.85. The van der Waals surface area contributed by atoms with Crippen LogP contribution in [0.2, 0.25) is 0 Å². The molecule has 1 fully saturated rings. The lowest BCUT2D eigenvalue weighted by Crippen LogP contribution is -2.36. The highest BCUT2D eigenvalue weighted by atomic mass is 16.4. The molecule has 100 valence electrons. The highest BCUT2D eigenvalue weighted by molar-refractivity contribution is 6.15. The Labute approximate surface area is 110 Å². The molecule has 0 unspecified atom stereocenters. The summed E-state index contributed by atoms with van der Waals surface area (Å²) >= 11 is 0. The van der Waals surface area contributed by atoms with Crippen LogP contribution >= 0.6 is 0 Å². The Hall–Kier alpha value is -2.17. The molecule has 1 aromatic rings. The van der Waals surface area contributed by atoms with Gasteiger partial charge in [0.1, 0.15) is 0 Å². The number of nitrogens with zero attached hydrogens (tertiary/aromatic N) is 1. The first-order chi connectivity index (χ1) is 9.09. The smallest absolute Gasteiger partial charge is 0.307 e. The second-order valence-electron chi connectivity index (χ2n) is 4.53. The van der Waals surface area contributed by atoms with E-state index in [4.69, 9.17) is 5.11 Å². The molecule has 1 N–H and O–H groups in total. The average Bonchev–Trinajstić information content (AvgIpc) is 2.51. The van der Waals surface area contributed by atoms with Crippen LogP contribution < -0.4 is 4.90 Å². The number of imide groups is 1. The van der Waals surface area contributed by atoms with Crippen LogP contribution in [0.1, 0.15) is 31.2 Å². The van der Waals surface area contributed by atoms with Gasteiger partial charge in [0.2, 0.25) is 11.8 Å². The lowest BCUT2D eigenvalue weighted by atomic mass is 10.1. The summed E-state index contributed by atoms with van der Waals surface area (Å²) in [5.41, 5.74) is 0.889. The summed E-state index contributed by atoms with van der Waals surface area (Å²) in [6, 6.07) is 6.66. The van der Waals surface area contributed by atoms with Crippen LogP contribution in [0.4, 0.5) is 5.69 Å². The van der Waals surface area contributed by atoms with Crippen molar-refractivity contribution in [3.63, 3.8) is 0 Å². The van der Waals surface area contributed by atoms with E-state index in [-0.39, 0.29) is 18.2 Å². The first-order valence-electron chi connectivity index (χ1n) is 6.25. The summed E-state index contributed by atoms with van der Waals surface area (Å²) in [5.74, 6) is -1.48. The predicted molar refractivity (Wildman–Crippen MR) is 68.7 cm³/mol. The van der Waals surface area contributed by atoms with Gasteiger partial charge in [-0.3, -0.25) is 19.3 Å². The minimum Gasteiger partial charge on any atom is -0.481 e. The van der Waals surface area contributed by atoms with Crippen molar-refractivity contribution in [2.24, 2.45) is 0 Å². The fraction of sp³-hybridized carbons (Fsp3) is 0.357. The Balaban J connectivity index is 2.40. The van der Waals surface area contributed by atoms with Crippen molar-refractivity contribution < 1.29 is 19.5 Å². The molecule has 5 heteroatoms. The second-order valence-corrected chi connectivity index (χ2v) is 4.53. The highest BCUT2D eigenvalue weighted by Crippen LogP contribution is 2.25. The van der Waals surface area contributed by atoms with Crippen LogP contribution in [0.15, 0.2) is 24.3 Å². The molecule has 2 amide bonds. The van der Waals surface area contributed by atoms with Gasteiger partial charge in [-0.1, -0.05) is 18.2 Å². The third kappa shape index (κ3) is 2.99. The molecule has 0 radical (unpaired) electrons. The molecule has 0 bridgehead atoms. The number of benzene rings is 1. The van der Waals surface area contributed by atoms with Gasteiger partial charge >= 0.3 is 5.97 Å². The van der Waals surface area contributed by atoms with Crippen LogP contribution in [-0.4, -0.2) is 22.9 Å². The lowest BCUT2D eigenvalue weighted by Gasteiger charge is -2.21. The quantitative estimate of drug-likeness (QED) is 0.841. The number of aliphatic carboxylic acids is 1. The van der Waals surface area contributed by atoms with Gasteiger partial charge in [0.15, 0.2) is 0 Å². The zero-order valence-corrected chi connectivity index (χ0v) is 10.5. The Morgan fingerprint density at radius 1 is 1.11 bits per heavy atom. The molecule has 1 aliphatic rings. The van der Waals surface area contributed by atoms with E-state index < -0.39 is 5.97 Å². The van der Waals surface area contributed by atoms with Gasteiger partial charge in [0.05, 0.1) is 12.1 Å². The van der Waals surface area contributed by atoms with E-state index in [1.165, 1.54) is 0 Å². The van der Waals surface area contributed by atoms with E-state index in [0.717, 1.165) is 4.90 Å². The molecule has 0 spiro atoms. The number of carbonyl (C=O) groups excluding carboxylic acids is 2. The van der Waals surface area contributed by atoms with Crippen molar-refractivity contribution in [3.05, 3.63) is 29.8 Å². The van der Waals surface area contributed by atoms with Crippen LogP contribution in [0.5, 0.6) is 0 Å². The first-order valence-corrected chi connectivity index (χ1v) is 6.25. The largest absolute Gasteiger partial charge is 0.481 e. The molecule has 1 aliphatic heterocycles. The number of para-hydroxylation sites is 1. The minimum absolute atomic E-state index is 0.201. The minimum atomic E-state index is -0.984. The molecule has 19 heavy (non-hydrogen) atoms. The maximum Gasteiger partial charge on any atom is 0.307 e. The van der Waals surface area contributed by atoms with Crippen molar-refractivity contribution in [1.29, 1.82) is 0 Å². The fourth-order valence-electron chi connectivity index (χ4n) is 2.23. The Morgan fingerprint density at radius 2 is 1.68 bits per heavy atom. The van der Waals surface area contributed by atoms with Gasteiger partial charge in [0, 0.05) is 12.8 Å². The van der Waals surface area contributed by atoms with E-state index in [9.17, 15) is 14.4 Å². The number of rotatable bonds is 3. The van der Waals surface area contributed by atoms with Crippen LogP contribution in [0.25, 0.3) is 0 Å². The fourth-order valence-corrected chi connectivity index (χ4v) is 2.23. The van der Waals surface area contributed by atoms with E-state index in [2.05, 4.69) is 0 Å². The van der Waals surface area contributed by atoms with E-state index in [0.29, 0.717) is 36.9 Å². The molecule has 1 aromatic carbocycles. The monoisotopic (exact) mass is 261 g/mol. The molecule has 0 aliphatic carbocycles. The van der Waals surface area contributed by atoms with Crippen molar-refractivity contribution in [3.8, 4) is 0 Å². The van der Waals surface area contributed by atoms with E-state index in [1.54, 1.807) is 24.3 Å². The number of carboxylic acid groups (broad SMARTS) is 1. The zero-order chi connectivity index (χ0) is 13.8. The molecule has 1 heterocycles. The Morgan fingerprint density at radius 3 is 2.26 bits per heavy atom. The number of hydrogen-bond donors (Lipinski definition) is 1. The average molecular weight is 261 g/mol. The molecule has 0 saturated carbocycles.